The van der Waals surface area contributed by atoms with Crippen molar-refractivity contribution in [2.45, 2.75) is 38.0 Å². The molecule has 3 unspecified atom stereocenters. The largest absolute Gasteiger partial charge is 0.388 e. The van der Waals surface area contributed by atoms with Gasteiger partial charge in [0.05, 0.1) is 12.2 Å². The highest BCUT2D eigenvalue weighted by Gasteiger charge is 2.27. The minimum atomic E-state index is -0.405. The molecule has 1 heterocycles. The van der Waals surface area contributed by atoms with Gasteiger partial charge in [-0.2, -0.15) is 0 Å². The minimum Gasteiger partial charge on any atom is -0.388 e. The van der Waals surface area contributed by atoms with Crippen molar-refractivity contribution < 1.29 is 9.84 Å². The van der Waals surface area contributed by atoms with Gasteiger partial charge in [0.1, 0.15) is 0 Å². The van der Waals surface area contributed by atoms with E-state index in [1.54, 1.807) is 0 Å². The van der Waals surface area contributed by atoms with Gasteiger partial charge < -0.3 is 14.7 Å². The number of ether oxygens (including phenoxy) is 1. The summed E-state index contributed by atoms with van der Waals surface area (Å²) >= 11 is 3.43. The SMILES string of the molecule is CC1OCCC1N(C)CCC(O)c1cccc(Br)c1. The molecule has 3 atom stereocenters. The van der Waals surface area contributed by atoms with Crippen LogP contribution in [0.25, 0.3) is 0 Å². The number of halogens is 1. The van der Waals surface area contributed by atoms with Crippen molar-refractivity contribution in [3.8, 4) is 0 Å². The van der Waals surface area contributed by atoms with E-state index in [0.29, 0.717) is 12.1 Å². The van der Waals surface area contributed by atoms with Gasteiger partial charge in [-0.05, 0) is 44.5 Å². The van der Waals surface area contributed by atoms with E-state index in [4.69, 9.17) is 4.74 Å². The van der Waals surface area contributed by atoms with Crippen LogP contribution in [0, 0.1) is 0 Å². The van der Waals surface area contributed by atoms with Crippen LogP contribution in [-0.4, -0.2) is 42.4 Å². The molecule has 1 aliphatic rings. The van der Waals surface area contributed by atoms with Gasteiger partial charge in [-0.15, -0.1) is 0 Å². The van der Waals surface area contributed by atoms with Gasteiger partial charge >= 0.3 is 0 Å². The average molecular weight is 328 g/mol. The van der Waals surface area contributed by atoms with Crippen LogP contribution in [-0.2, 0) is 4.74 Å². The zero-order valence-electron chi connectivity index (χ0n) is 11.6. The summed E-state index contributed by atoms with van der Waals surface area (Å²) in [5, 5.41) is 10.2. The quantitative estimate of drug-likeness (QED) is 0.902. The van der Waals surface area contributed by atoms with Crippen LogP contribution in [0.3, 0.4) is 0 Å². The highest BCUT2D eigenvalue weighted by Crippen LogP contribution is 2.23. The van der Waals surface area contributed by atoms with E-state index >= 15 is 0 Å². The third-order valence-corrected chi connectivity index (χ3v) is 4.38. The second kappa shape index (κ2) is 6.84. The van der Waals surface area contributed by atoms with E-state index < -0.39 is 6.10 Å². The maximum atomic E-state index is 10.2. The lowest BCUT2D eigenvalue weighted by atomic mass is 10.1. The predicted octanol–water partition coefficient (Wildman–Crippen LogP) is 2.98. The Bertz CT molecular complexity index is 413. The number of aliphatic hydroxyl groups is 1. The van der Waals surface area contributed by atoms with Crippen molar-refractivity contribution in [3.63, 3.8) is 0 Å². The summed E-state index contributed by atoms with van der Waals surface area (Å²) in [6.07, 6.45) is 1.73. The van der Waals surface area contributed by atoms with Crippen molar-refractivity contribution >= 4 is 15.9 Å². The van der Waals surface area contributed by atoms with Crippen molar-refractivity contribution in [2.75, 3.05) is 20.2 Å². The van der Waals surface area contributed by atoms with Crippen molar-refractivity contribution in [1.29, 1.82) is 0 Å². The van der Waals surface area contributed by atoms with Crippen LogP contribution in [0.5, 0.6) is 0 Å². The standard InChI is InChI=1S/C15H22BrNO2/c1-11-14(7-9-19-11)17(2)8-6-15(18)12-4-3-5-13(16)10-12/h3-5,10-11,14-15,18H,6-9H2,1-2H3. The van der Waals surface area contributed by atoms with Crippen LogP contribution >= 0.6 is 15.9 Å². The van der Waals surface area contributed by atoms with Crippen LogP contribution in [0.4, 0.5) is 0 Å². The Morgan fingerprint density at radius 3 is 2.95 bits per heavy atom. The monoisotopic (exact) mass is 327 g/mol. The molecule has 1 N–H and O–H groups in total. The molecule has 1 fully saturated rings. The Morgan fingerprint density at radius 2 is 2.32 bits per heavy atom. The molecule has 0 amide bonds. The molecule has 3 nitrogen and oxygen atoms in total. The summed E-state index contributed by atoms with van der Waals surface area (Å²) in [5.41, 5.74) is 0.971. The van der Waals surface area contributed by atoms with E-state index in [2.05, 4.69) is 34.8 Å². The predicted molar refractivity (Wildman–Crippen MR) is 80.2 cm³/mol. The fraction of sp³-hybridized carbons (Fsp3) is 0.600. The molecular weight excluding hydrogens is 306 g/mol. The van der Waals surface area contributed by atoms with E-state index in [1.165, 1.54) is 0 Å². The Morgan fingerprint density at radius 1 is 1.53 bits per heavy atom. The number of nitrogens with zero attached hydrogens (tertiary/aromatic N) is 1. The molecular formula is C15H22BrNO2. The molecule has 0 aromatic heterocycles. The lowest BCUT2D eigenvalue weighted by Gasteiger charge is -2.27. The Hall–Kier alpha value is -0.420. The molecule has 0 saturated carbocycles. The Balaban J connectivity index is 1.84. The van der Waals surface area contributed by atoms with Gasteiger partial charge in [0.2, 0.25) is 0 Å². The maximum absolute atomic E-state index is 10.2. The first kappa shape index (κ1) is 15.0. The molecule has 2 rings (SSSR count). The van der Waals surface area contributed by atoms with Crippen LogP contribution in [0.15, 0.2) is 28.7 Å². The first-order valence-electron chi connectivity index (χ1n) is 6.83. The topological polar surface area (TPSA) is 32.7 Å². The minimum absolute atomic E-state index is 0.299. The van der Waals surface area contributed by atoms with Crippen LogP contribution < -0.4 is 0 Å². The molecule has 1 aliphatic heterocycles. The summed E-state index contributed by atoms with van der Waals surface area (Å²) in [5.74, 6) is 0. The smallest absolute Gasteiger partial charge is 0.0802 e. The molecule has 1 aromatic rings. The number of likely N-dealkylation sites (N-methyl/N-ethyl adjacent to an activating group) is 1. The number of hydrogen-bond acceptors (Lipinski definition) is 3. The van der Waals surface area contributed by atoms with Gasteiger partial charge in [0, 0.05) is 23.7 Å². The lowest BCUT2D eigenvalue weighted by Crippen LogP contribution is -2.37. The van der Waals surface area contributed by atoms with Crippen molar-refractivity contribution in [1.82, 2.24) is 4.90 Å². The van der Waals surface area contributed by atoms with Crippen LogP contribution in [0.2, 0.25) is 0 Å². The first-order valence-corrected chi connectivity index (χ1v) is 7.62. The van der Waals surface area contributed by atoms with Gasteiger partial charge in [-0.3, -0.25) is 0 Å². The number of benzene rings is 1. The zero-order chi connectivity index (χ0) is 13.8. The Kier molecular flexibility index (Phi) is 5.39. The van der Waals surface area contributed by atoms with Gasteiger partial charge in [-0.1, -0.05) is 28.1 Å². The number of hydrogen-bond donors (Lipinski definition) is 1. The van der Waals surface area contributed by atoms with E-state index in [9.17, 15) is 5.11 Å². The third kappa shape index (κ3) is 4.02. The fourth-order valence-corrected chi connectivity index (χ4v) is 3.09. The highest BCUT2D eigenvalue weighted by molar-refractivity contribution is 9.10. The van der Waals surface area contributed by atoms with Crippen molar-refractivity contribution in [3.05, 3.63) is 34.3 Å². The molecule has 0 bridgehead atoms. The van der Waals surface area contributed by atoms with Gasteiger partial charge in [0.15, 0.2) is 0 Å². The summed E-state index contributed by atoms with van der Waals surface area (Å²) in [6.45, 7) is 3.86. The van der Waals surface area contributed by atoms with Crippen LogP contribution in [0.1, 0.15) is 31.4 Å². The molecule has 0 aliphatic carbocycles. The number of aliphatic hydroxyl groups excluding tert-OH is 1. The summed E-state index contributed by atoms with van der Waals surface area (Å²) in [6, 6.07) is 8.36. The van der Waals surface area contributed by atoms with E-state index in [-0.39, 0.29) is 0 Å². The summed E-state index contributed by atoms with van der Waals surface area (Å²) in [7, 11) is 2.11. The highest BCUT2D eigenvalue weighted by atomic mass is 79.9. The molecule has 1 aromatic carbocycles. The molecule has 1 saturated heterocycles. The third-order valence-electron chi connectivity index (χ3n) is 3.89. The Labute approximate surface area is 123 Å². The molecule has 4 heteroatoms. The first-order chi connectivity index (χ1) is 9.08. The van der Waals surface area contributed by atoms with E-state index in [0.717, 1.165) is 36.0 Å². The molecule has 0 radical (unpaired) electrons. The summed E-state index contributed by atoms with van der Waals surface area (Å²) in [4.78, 5) is 2.30. The second-order valence-electron chi connectivity index (χ2n) is 5.27. The fourth-order valence-electron chi connectivity index (χ4n) is 2.67. The summed E-state index contributed by atoms with van der Waals surface area (Å²) < 4.78 is 6.59. The maximum Gasteiger partial charge on any atom is 0.0802 e. The number of rotatable bonds is 5. The van der Waals surface area contributed by atoms with Gasteiger partial charge in [0.25, 0.3) is 0 Å². The molecule has 106 valence electrons. The lowest BCUT2D eigenvalue weighted by molar-refractivity contribution is 0.0749. The van der Waals surface area contributed by atoms with Crippen molar-refractivity contribution in [2.24, 2.45) is 0 Å². The second-order valence-corrected chi connectivity index (χ2v) is 6.19. The zero-order valence-corrected chi connectivity index (χ0v) is 13.1. The molecule has 19 heavy (non-hydrogen) atoms. The van der Waals surface area contributed by atoms with E-state index in [1.807, 2.05) is 24.3 Å². The van der Waals surface area contributed by atoms with Gasteiger partial charge in [-0.25, -0.2) is 0 Å². The molecule has 0 spiro atoms. The normalized spacial score (nSPS) is 24.9. The average Bonchev–Trinajstić information content (AvgIpc) is 2.82.